The molecule has 1 aromatic rings. The highest BCUT2D eigenvalue weighted by Gasteiger charge is 2.22. The predicted octanol–water partition coefficient (Wildman–Crippen LogP) is 0.553. The number of hydrogen-bond donors (Lipinski definition) is 1. The molecule has 1 aliphatic heterocycles. The number of rotatable bonds is 2. The van der Waals surface area contributed by atoms with E-state index in [9.17, 15) is 13.2 Å². The van der Waals surface area contributed by atoms with Gasteiger partial charge in [0.05, 0.1) is 0 Å². The quantitative estimate of drug-likeness (QED) is 0.802. The van der Waals surface area contributed by atoms with Gasteiger partial charge in [0.2, 0.25) is 0 Å². The highest BCUT2D eigenvalue weighted by molar-refractivity contribution is 8.13. The first-order valence-corrected chi connectivity index (χ1v) is 8.13. The maximum absolute atomic E-state index is 11.9. The van der Waals surface area contributed by atoms with E-state index in [4.69, 9.17) is 10.7 Å². The molecule has 0 aliphatic carbocycles. The summed E-state index contributed by atoms with van der Waals surface area (Å²) in [5, 5.41) is 4.74. The number of nitrogens with one attached hydrogen (secondary N) is 1. The van der Waals surface area contributed by atoms with Crippen LogP contribution in [0.2, 0.25) is 0 Å². The molecule has 8 nitrogen and oxygen atoms in total. The normalized spacial score (nSPS) is 21.3. The molecule has 0 aromatic carbocycles. The Morgan fingerprint density at radius 3 is 2.84 bits per heavy atom. The van der Waals surface area contributed by atoms with Crippen LogP contribution < -0.4 is 5.43 Å². The summed E-state index contributed by atoms with van der Waals surface area (Å²) in [5.74, 6) is 0. The lowest BCUT2D eigenvalue weighted by atomic mass is 10.1. The zero-order valence-corrected chi connectivity index (χ0v) is 11.9. The third-order valence-electron chi connectivity index (χ3n) is 2.94. The van der Waals surface area contributed by atoms with E-state index in [1.54, 1.807) is 0 Å². The SMILES string of the molecule is CC1CCCCN1NC(=O)n1cnc(S(=O)(=O)Cl)n1. The number of amides is 1. The van der Waals surface area contributed by atoms with Gasteiger partial charge < -0.3 is 0 Å². The van der Waals surface area contributed by atoms with E-state index >= 15 is 0 Å². The van der Waals surface area contributed by atoms with E-state index in [1.807, 2.05) is 11.9 Å². The van der Waals surface area contributed by atoms with E-state index in [0.29, 0.717) is 0 Å². The van der Waals surface area contributed by atoms with Crippen LogP contribution in [0, 0.1) is 0 Å². The van der Waals surface area contributed by atoms with Crippen LogP contribution in [-0.2, 0) is 9.05 Å². The molecule has 1 unspecified atom stereocenters. The van der Waals surface area contributed by atoms with Crippen LogP contribution >= 0.6 is 10.7 Å². The van der Waals surface area contributed by atoms with E-state index in [1.165, 1.54) is 0 Å². The van der Waals surface area contributed by atoms with Crippen molar-refractivity contribution in [1.29, 1.82) is 0 Å². The molecule has 1 fully saturated rings. The highest BCUT2D eigenvalue weighted by atomic mass is 35.7. The fourth-order valence-electron chi connectivity index (χ4n) is 1.90. The van der Waals surface area contributed by atoms with Gasteiger partial charge in [-0.25, -0.2) is 23.2 Å². The molecule has 1 aliphatic rings. The molecular weight excluding hydrogens is 294 g/mol. The lowest BCUT2D eigenvalue weighted by Gasteiger charge is -2.32. The van der Waals surface area contributed by atoms with Crippen molar-refractivity contribution in [1.82, 2.24) is 25.2 Å². The molecule has 10 heteroatoms. The van der Waals surface area contributed by atoms with Crippen molar-refractivity contribution in [2.75, 3.05) is 6.54 Å². The maximum atomic E-state index is 11.9. The highest BCUT2D eigenvalue weighted by Crippen LogP contribution is 2.14. The molecule has 0 radical (unpaired) electrons. The number of carbonyl (C=O) groups excluding carboxylic acids is 1. The summed E-state index contributed by atoms with van der Waals surface area (Å²) in [5.41, 5.74) is 2.67. The van der Waals surface area contributed by atoms with E-state index in [-0.39, 0.29) is 6.04 Å². The number of hydrazine groups is 1. The average Bonchev–Trinajstić information content (AvgIpc) is 2.81. The third-order valence-corrected chi connectivity index (χ3v) is 3.98. The Kier molecular flexibility index (Phi) is 4.07. The summed E-state index contributed by atoms with van der Waals surface area (Å²) in [6.45, 7) is 2.76. The minimum absolute atomic E-state index is 0.234. The van der Waals surface area contributed by atoms with Crippen molar-refractivity contribution in [2.45, 2.75) is 37.4 Å². The fraction of sp³-hybridized carbons (Fsp3) is 0.667. The van der Waals surface area contributed by atoms with Gasteiger partial charge in [0.15, 0.2) is 0 Å². The molecule has 1 amide bonds. The van der Waals surface area contributed by atoms with Crippen LogP contribution in [0.15, 0.2) is 11.5 Å². The number of piperidine rings is 1. The zero-order chi connectivity index (χ0) is 14.0. The van der Waals surface area contributed by atoms with Crippen molar-refractivity contribution in [3.05, 3.63) is 6.33 Å². The molecule has 1 N–H and O–H groups in total. The number of hydrogen-bond acceptors (Lipinski definition) is 6. The van der Waals surface area contributed by atoms with Crippen molar-refractivity contribution in [3.8, 4) is 0 Å². The van der Waals surface area contributed by atoms with Gasteiger partial charge in [0.25, 0.3) is 14.2 Å². The number of carbonyl (C=O) groups is 1. The van der Waals surface area contributed by atoms with E-state index in [0.717, 1.165) is 36.8 Å². The molecule has 106 valence electrons. The van der Waals surface area contributed by atoms with Gasteiger partial charge in [0, 0.05) is 23.3 Å². The maximum Gasteiger partial charge on any atom is 0.358 e. The Hall–Kier alpha value is -1.19. The Morgan fingerprint density at radius 1 is 1.53 bits per heavy atom. The average molecular weight is 308 g/mol. The fourth-order valence-corrected chi connectivity index (χ4v) is 2.47. The second-order valence-corrected chi connectivity index (χ2v) is 6.82. The Morgan fingerprint density at radius 2 is 2.26 bits per heavy atom. The van der Waals surface area contributed by atoms with Crippen LogP contribution in [0.4, 0.5) is 4.79 Å². The second-order valence-electron chi connectivity index (χ2n) is 4.36. The van der Waals surface area contributed by atoms with Crippen LogP contribution in [0.25, 0.3) is 0 Å². The molecule has 1 saturated heterocycles. The van der Waals surface area contributed by atoms with Gasteiger partial charge in [-0.3, -0.25) is 5.43 Å². The minimum Gasteiger partial charge on any atom is -0.268 e. The number of halogens is 1. The molecule has 2 rings (SSSR count). The van der Waals surface area contributed by atoms with Crippen molar-refractivity contribution in [2.24, 2.45) is 0 Å². The van der Waals surface area contributed by atoms with Crippen molar-refractivity contribution in [3.63, 3.8) is 0 Å². The summed E-state index contributed by atoms with van der Waals surface area (Å²) in [4.78, 5) is 15.3. The molecule has 1 aromatic heterocycles. The van der Waals surface area contributed by atoms with Crippen LogP contribution in [0.5, 0.6) is 0 Å². The molecule has 0 bridgehead atoms. The minimum atomic E-state index is -4.02. The lowest BCUT2D eigenvalue weighted by molar-refractivity contribution is 0.106. The van der Waals surface area contributed by atoms with Crippen LogP contribution in [-0.4, -0.2) is 46.8 Å². The Balaban J connectivity index is 2.06. The third kappa shape index (κ3) is 3.43. The van der Waals surface area contributed by atoms with Gasteiger partial charge in [-0.05, 0) is 19.8 Å². The molecule has 1 atom stereocenters. The Labute approximate surface area is 115 Å². The molecule has 0 saturated carbocycles. The summed E-state index contributed by atoms with van der Waals surface area (Å²) in [7, 11) is 1.06. The van der Waals surface area contributed by atoms with Crippen LogP contribution in [0.1, 0.15) is 26.2 Å². The summed E-state index contributed by atoms with van der Waals surface area (Å²) in [6, 6.07) is -0.328. The monoisotopic (exact) mass is 307 g/mol. The van der Waals surface area contributed by atoms with Gasteiger partial charge in [0.1, 0.15) is 6.33 Å². The first-order chi connectivity index (χ1) is 8.88. The van der Waals surface area contributed by atoms with Gasteiger partial charge in [-0.1, -0.05) is 6.42 Å². The van der Waals surface area contributed by atoms with Gasteiger partial charge >= 0.3 is 6.03 Å². The summed E-state index contributed by atoms with van der Waals surface area (Å²) in [6.07, 6.45) is 4.15. The summed E-state index contributed by atoms with van der Waals surface area (Å²) >= 11 is 0. The van der Waals surface area contributed by atoms with Crippen LogP contribution in [0.3, 0.4) is 0 Å². The Bertz CT molecular complexity index is 572. The molecular formula is C9H14ClN5O3S. The lowest BCUT2D eigenvalue weighted by Crippen LogP contribution is -2.51. The number of nitrogens with zero attached hydrogens (tertiary/aromatic N) is 4. The molecule has 0 spiro atoms. The van der Waals surface area contributed by atoms with Crippen molar-refractivity contribution < 1.29 is 13.2 Å². The second kappa shape index (κ2) is 5.43. The van der Waals surface area contributed by atoms with E-state index in [2.05, 4.69) is 15.5 Å². The smallest absolute Gasteiger partial charge is 0.268 e. The standard InChI is InChI=1S/C9H14ClN5O3S/c1-7-4-2-3-5-14(7)13-9(16)15-6-11-8(12-15)19(10,17)18/h6-7H,2-5H2,1H3,(H,13,16). The zero-order valence-electron chi connectivity index (χ0n) is 10.3. The molecule has 2 heterocycles. The topological polar surface area (TPSA) is 97.2 Å². The molecule has 19 heavy (non-hydrogen) atoms. The van der Waals surface area contributed by atoms with E-state index < -0.39 is 20.2 Å². The van der Waals surface area contributed by atoms with Crippen molar-refractivity contribution >= 4 is 25.8 Å². The summed E-state index contributed by atoms with van der Waals surface area (Å²) < 4.78 is 22.8. The first kappa shape index (κ1) is 14.2. The van der Waals surface area contributed by atoms with Gasteiger partial charge in [-0.15, -0.1) is 5.10 Å². The predicted molar refractivity (Wildman–Crippen MR) is 67.0 cm³/mol. The van der Waals surface area contributed by atoms with Gasteiger partial charge in [-0.2, -0.15) is 4.68 Å². The first-order valence-electron chi connectivity index (χ1n) is 5.82. The largest absolute Gasteiger partial charge is 0.358 e. The number of aromatic nitrogens is 3.